The Morgan fingerprint density at radius 2 is 2.17 bits per heavy atom. The topological polar surface area (TPSA) is 54.1 Å². The summed E-state index contributed by atoms with van der Waals surface area (Å²) in [5, 5.41) is 4.39. The van der Waals surface area contributed by atoms with Gasteiger partial charge in [0.15, 0.2) is 0 Å². The second-order valence-electron chi connectivity index (χ2n) is 4.22. The number of halogens is 1. The number of ether oxygens (including phenoxy) is 1. The van der Waals surface area contributed by atoms with E-state index in [1.807, 2.05) is 18.2 Å². The minimum atomic E-state index is -0.365. The van der Waals surface area contributed by atoms with E-state index in [1.54, 1.807) is 0 Å². The number of benzene rings is 1. The van der Waals surface area contributed by atoms with Crippen LogP contribution in [0, 0.1) is 0 Å². The number of esters is 1. The molecule has 96 valence electrons. The van der Waals surface area contributed by atoms with Crippen molar-refractivity contribution in [2.24, 2.45) is 0 Å². The van der Waals surface area contributed by atoms with Crippen molar-refractivity contribution in [3.63, 3.8) is 0 Å². The Balaban J connectivity index is 0.00000120. The predicted molar refractivity (Wildman–Crippen MR) is 72.0 cm³/mol. The van der Waals surface area contributed by atoms with Crippen LogP contribution in [-0.4, -0.2) is 24.6 Å². The quantitative estimate of drug-likeness (QED) is 0.776. The van der Waals surface area contributed by atoms with Gasteiger partial charge in [-0.3, -0.25) is 5.32 Å². The van der Waals surface area contributed by atoms with E-state index < -0.39 is 0 Å². The number of methoxy groups -OCH3 is 1. The molecule has 1 aliphatic rings. The van der Waals surface area contributed by atoms with Gasteiger partial charge in [-0.2, -0.15) is 0 Å². The maximum Gasteiger partial charge on any atom is 0.329 e. The molecule has 2 N–H and O–H groups in total. The molecule has 0 bridgehead atoms. The lowest BCUT2D eigenvalue weighted by Crippen LogP contribution is -2.35. The summed E-state index contributed by atoms with van der Waals surface area (Å²) < 4.78 is 4.82. The smallest absolute Gasteiger partial charge is 0.329 e. The number of hydrogen-bond donors (Lipinski definition) is 2. The highest BCUT2D eigenvalue weighted by molar-refractivity contribution is 5.88. The first-order valence-corrected chi connectivity index (χ1v) is 5.72. The Morgan fingerprint density at radius 1 is 1.39 bits per heavy atom. The molecule has 1 aliphatic heterocycles. The molecule has 5 heteroatoms. The number of rotatable bonds is 1. The van der Waals surface area contributed by atoms with Crippen LogP contribution in [0.3, 0.4) is 0 Å². The Kier molecular flexibility index (Phi) is 3.59. The van der Waals surface area contributed by atoms with Crippen LogP contribution in [0.15, 0.2) is 24.3 Å². The van der Waals surface area contributed by atoms with E-state index in [0.29, 0.717) is 0 Å². The van der Waals surface area contributed by atoms with Crippen LogP contribution < -0.4 is 5.32 Å². The molecule has 2 heterocycles. The zero-order chi connectivity index (χ0) is 11.8. The van der Waals surface area contributed by atoms with Crippen molar-refractivity contribution in [3.05, 3.63) is 35.5 Å². The third-order valence-electron chi connectivity index (χ3n) is 3.30. The second-order valence-corrected chi connectivity index (χ2v) is 4.22. The summed E-state index contributed by atoms with van der Waals surface area (Å²) in [6.07, 6.45) is 0.937. The summed E-state index contributed by atoms with van der Waals surface area (Å²) in [6.45, 7) is 0.800. The van der Waals surface area contributed by atoms with Gasteiger partial charge in [0, 0.05) is 23.1 Å². The third-order valence-corrected chi connectivity index (χ3v) is 3.30. The number of carbonyl (C=O) groups excluding carboxylic acids is 1. The zero-order valence-corrected chi connectivity index (χ0v) is 10.8. The van der Waals surface area contributed by atoms with Gasteiger partial charge < -0.3 is 9.72 Å². The molecule has 18 heavy (non-hydrogen) atoms. The van der Waals surface area contributed by atoms with Crippen molar-refractivity contribution in [2.75, 3.05) is 13.7 Å². The number of hydrogen-bond acceptors (Lipinski definition) is 3. The Hall–Kier alpha value is -1.52. The van der Waals surface area contributed by atoms with E-state index in [9.17, 15) is 4.79 Å². The first kappa shape index (κ1) is 12.9. The molecular weight excluding hydrogens is 252 g/mol. The van der Waals surface area contributed by atoms with Crippen molar-refractivity contribution < 1.29 is 9.53 Å². The highest BCUT2D eigenvalue weighted by Gasteiger charge is 2.29. The monoisotopic (exact) mass is 266 g/mol. The SMILES string of the molecule is COC(=O)C1NCCc2c1[nH]c1ccccc21.Cl. The molecule has 0 aliphatic carbocycles. The first-order valence-electron chi connectivity index (χ1n) is 5.72. The number of aromatic nitrogens is 1. The molecule has 0 saturated heterocycles. The molecule has 4 nitrogen and oxygen atoms in total. The Morgan fingerprint density at radius 3 is 2.94 bits per heavy atom. The molecule has 1 atom stereocenters. The second kappa shape index (κ2) is 5.00. The Labute approximate surface area is 111 Å². The average molecular weight is 267 g/mol. The van der Waals surface area contributed by atoms with Gasteiger partial charge in [0.25, 0.3) is 0 Å². The van der Waals surface area contributed by atoms with Gasteiger partial charge in [-0.05, 0) is 18.1 Å². The van der Waals surface area contributed by atoms with Gasteiger partial charge in [-0.25, -0.2) is 4.79 Å². The number of carbonyl (C=O) groups is 1. The molecule has 1 unspecified atom stereocenters. The lowest BCUT2D eigenvalue weighted by molar-refractivity contribution is -0.143. The summed E-state index contributed by atoms with van der Waals surface area (Å²) in [5.41, 5.74) is 3.26. The highest BCUT2D eigenvalue weighted by atomic mass is 35.5. The normalized spacial score (nSPS) is 17.9. The average Bonchev–Trinajstić information content (AvgIpc) is 2.76. The number of nitrogens with one attached hydrogen (secondary N) is 2. The van der Waals surface area contributed by atoms with Crippen molar-refractivity contribution in [3.8, 4) is 0 Å². The molecule has 0 fully saturated rings. The van der Waals surface area contributed by atoms with Gasteiger partial charge in [-0.1, -0.05) is 18.2 Å². The number of fused-ring (bicyclic) bond motifs is 3. The van der Waals surface area contributed by atoms with Crippen LogP contribution in [-0.2, 0) is 16.0 Å². The van der Waals surface area contributed by atoms with Crippen molar-refractivity contribution >= 4 is 29.3 Å². The summed E-state index contributed by atoms with van der Waals surface area (Å²) in [5.74, 6) is -0.238. The summed E-state index contributed by atoms with van der Waals surface area (Å²) in [4.78, 5) is 15.0. The van der Waals surface area contributed by atoms with Crippen LogP contribution in [0.25, 0.3) is 10.9 Å². The van der Waals surface area contributed by atoms with Gasteiger partial charge >= 0.3 is 5.97 Å². The lowest BCUT2D eigenvalue weighted by atomic mass is 9.99. The molecule has 1 aromatic heterocycles. The fraction of sp³-hybridized carbons (Fsp3) is 0.308. The largest absolute Gasteiger partial charge is 0.468 e. The molecule has 0 radical (unpaired) electrons. The van der Waals surface area contributed by atoms with Crippen LogP contribution in [0.5, 0.6) is 0 Å². The van der Waals surface area contributed by atoms with Crippen LogP contribution >= 0.6 is 12.4 Å². The lowest BCUT2D eigenvalue weighted by Gasteiger charge is -2.21. The number of para-hydroxylation sites is 1. The summed E-state index contributed by atoms with van der Waals surface area (Å²) in [6, 6.07) is 7.76. The molecule has 0 saturated carbocycles. The summed E-state index contributed by atoms with van der Waals surface area (Å²) in [7, 11) is 1.42. The van der Waals surface area contributed by atoms with E-state index in [1.165, 1.54) is 18.1 Å². The van der Waals surface area contributed by atoms with E-state index in [-0.39, 0.29) is 24.4 Å². The molecule has 3 rings (SSSR count). The molecule has 1 aromatic carbocycles. The van der Waals surface area contributed by atoms with E-state index in [0.717, 1.165) is 24.2 Å². The minimum absolute atomic E-state index is 0. The molecule has 2 aromatic rings. The fourth-order valence-electron chi connectivity index (χ4n) is 2.50. The zero-order valence-electron chi connectivity index (χ0n) is 10.0. The van der Waals surface area contributed by atoms with Crippen molar-refractivity contribution in [2.45, 2.75) is 12.5 Å². The molecule has 0 amide bonds. The highest BCUT2D eigenvalue weighted by Crippen LogP contribution is 2.30. The standard InChI is InChI=1S/C13H14N2O2.ClH/c1-17-13(16)12-11-9(6-7-14-12)8-4-2-3-5-10(8)15-11;/h2-5,12,14-15H,6-7H2,1H3;1H. The van der Waals surface area contributed by atoms with E-state index >= 15 is 0 Å². The van der Waals surface area contributed by atoms with Gasteiger partial charge in [-0.15, -0.1) is 12.4 Å². The van der Waals surface area contributed by atoms with E-state index in [2.05, 4.69) is 16.4 Å². The van der Waals surface area contributed by atoms with Crippen LogP contribution in [0.1, 0.15) is 17.3 Å². The number of aromatic amines is 1. The third kappa shape index (κ3) is 1.87. The van der Waals surface area contributed by atoms with Gasteiger partial charge in [0.05, 0.1) is 7.11 Å². The van der Waals surface area contributed by atoms with Crippen LogP contribution in [0.4, 0.5) is 0 Å². The van der Waals surface area contributed by atoms with Crippen molar-refractivity contribution in [1.82, 2.24) is 10.3 Å². The molecular formula is C13H15ClN2O2. The fourth-order valence-corrected chi connectivity index (χ4v) is 2.50. The Bertz CT molecular complexity index is 579. The van der Waals surface area contributed by atoms with Crippen molar-refractivity contribution in [1.29, 1.82) is 0 Å². The van der Waals surface area contributed by atoms with Gasteiger partial charge in [0.1, 0.15) is 6.04 Å². The maximum atomic E-state index is 11.7. The van der Waals surface area contributed by atoms with E-state index in [4.69, 9.17) is 4.74 Å². The summed E-state index contributed by atoms with van der Waals surface area (Å²) >= 11 is 0. The minimum Gasteiger partial charge on any atom is -0.468 e. The number of H-pyrrole nitrogens is 1. The van der Waals surface area contributed by atoms with Gasteiger partial charge in [0.2, 0.25) is 0 Å². The predicted octanol–water partition coefficient (Wildman–Crippen LogP) is 1.95. The molecule has 0 spiro atoms. The van der Waals surface area contributed by atoms with Crippen LogP contribution in [0.2, 0.25) is 0 Å². The first-order chi connectivity index (χ1) is 8.31. The maximum absolute atomic E-state index is 11.7.